The average molecular weight is 306 g/mol. The van der Waals surface area contributed by atoms with Gasteiger partial charge in [-0.3, -0.25) is 0 Å². The van der Waals surface area contributed by atoms with Crippen LogP contribution in [0.5, 0.6) is 0 Å². The molecule has 0 saturated carbocycles. The van der Waals surface area contributed by atoms with Gasteiger partial charge in [0, 0.05) is 30.9 Å². The van der Waals surface area contributed by atoms with Crippen LogP contribution in [0.2, 0.25) is 0 Å². The van der Waals surface area contributed by atoms with Crippen LogP contribution in [0, 0.1) is 0 Å². The van der Waals surface area contributed by atoms with Gasteiger partial charge in [0.05, 0.1) is 12.0 Å². The van der Waals surface area contributed by atoms with E-state index in [2.05, 4.69) is 40.1 Å². The highest BCUT2D eigenvalue weighted by molar-refractivity contribution is 5.75. The number of H-pyrrole nitrogens is 2. The first kappa shape index (κ1) is 13.4. The van der Waals surface area contributed by atoms with E-state index < -0.39 is 0 Å². The van der Waals surface area contributed by atoms with Gasteiger partial charge in [0.1, 0.15) is 5.69 Å². The monoisotopic (exact) mass is 306 g/mol. The maximum absolute atomic E-state index is 4.58. The van der Waals surface area contributed by atoms with E-state index in [9.17, 15) is 0 Å². The molecule has 3 heterocycles. The fourth-order valence-electron chi connectivity index (χ4n) is 2.51. The Morgan fingerprint density at radius 1 is 1.09 bits per heavy atom. The molecule has 1 aromatic carbocycles. The van der Waals surface area contributed by atoms with E-state index in [-0.39, 0.29) is 0 Å². The van der Waals surface area contributed by atoms with Crippen molar-refractivity contribution in [1.29, 1.82) is 0 Å². The molecule has 0 fully saturated rings. The summed E-state index contributed by atoms with van der Waals surface area (Å²) in [6, 6.07) is 10.1. The van der Waals surface area contributed by atoms with Crippen molar-refractivity contribution in [3.05, 3.63) is 54.9 Å². The zero-order valence-electron chi connectivity index (χ0n) is 12.2. The van der Waals surface area contributed by atoms with Crippen LogP contribution in [-0.2, 0) is 13.0 Å². The molecule has 0 amide bonds. The lowest BCUT2D eigenvalue weighted by atomic mass is 10.1. The molecule has 8 heteroatoms. The van der Waals surface area contributed by atoms with Gasteiger partial charge in [-0.15, -0.1) is 10.2 Å². The first-order chi connectivity index (χ1) is 11.4. The second-order valence-electron chi connectivity index (χ2n) is 5.02. The van der Waals surface area contributed by atoms with E-state index in [1.165, 1.54) is 0 Å². The first-order valence-electron chi connectivity index (χ1n) is 7.24. The molecular weight excluding hydrogens is 292 g/mol. The molecule has 0 unspecified atom stereocenters. The van der Waals surface area contributed by atoms with Crippen molar-refractivity contribution in [1.82, 2.24) is 40.1 Å². The van der Waals surface area contributed by atoms with E-state index >= 15 is 0 Å². The fraction of sp³-hybridized carbons (Fsp3) is 0.133. The number of nitrogens with zero attached hydrogens (tertiary/aromatic N) is 6. The van der Waals surface area contributed by atoms with Crippen LogP contribution in [0.15, 0.2) is 49.1 Å². The van der Waals surface area contributed by atoms with Crippen molar-refractivity contribution >= 4 is 0 Å². The highest BCUT2D eigenvalue weighted by Gasteiger charge is 2.17. The Kier molecular flexibility index (Phi) is 3.39. The Balaban J connectivity index is 1.73. The summed E-state index contributed by atoms with van der Waals surface area (Å²) in [6.07, 6.45) is 6.02. The third-order valence-electron chi connectivity index (χ3n) is 3.57. The van der Waals surface area contributed by atoms with Crippen molar-refractivity contribution < 1.29 is 0 Å². The molecule has 23 heavy (non-hydrogen) atoms. The molecule has 4 aromatic rings. The Hall–Kier alpha value is -3.29. The predicted molar refractivity (Wildman–Crippen MR) is 83.1 cm³/mol. The minimum atomic E-state index is 0.662. The number of hydrogen-bond acceptors (Lipinski definition) is 5. The van der Waals surface area contributed by atoms with Crippen molar-refractivity contribution in [3.8, 4) is 22.8 Å². The van der Waals surface area contributed by atoms with E-state index in [1.807, 2.05) is 36.7 Å². The number of imidazole rings is 2. The molecule has 0 aliphatic heterocycles. The number of rotatable bonds is 5. The number of hydrogen-bond donors (Lipinski definition) is 2. The second kappa shape index (κ2) is 5.84. The van der Waals surface area contributed by atoms with Crippen molar-refractivity contribution in [2.45, 2.75) is 13.0 Å². The molecule has 114 valence electrons. The molecule has 0 saturated heterocycles. The van der Waals surface area contributed by atoms with Crippen LogP contribution < -0.4 is 0 Å². The van der Waals surface area contributed by atoms with Gasteiger partial charge >= 0.3 is 0 Å². The molecule has 4 rings (SSSR count). The van der Waals surface area contributed by atoms with Crippen molar-refractivity contribution in [2.75, 3.05) is 0 Å². The molecule has 3 aromatic heterocycles. The summed E-state index contributed by atoms with van der Waals surface area (Å²) in [5, 5.41) is 14.0. The van der Waals surface area contributed by atoms with E-state index in [0.717, 1.165) is 22.8 Å². The van der Waals surface area contributed by atoms with Gasteiger partial charge in [0.25, 0.3) is 0 Å². The standard InChI is InChI=1S/C15H14N8/c1-2-4-11(5-3-1)13-14(15-16-7-8-17-15)23(10-18-13)9-6-12-19-21-22-20-12/h1-5,7-8,10H,6,9H2,(H,16,17)(H,19,20,21,22). The highest BCUT2D eigenvalue weighted by atomic mass is 15.5. The SMILES string of the molecule is c1ccc(-c2ncn(CCc3nn[nH]n3)c2-c2ncc[nH]2)cc1. The first-order valence-corrected chi connectivity index (χ1v) is 7.24. The smallest absolute Gasteiger partial charge is 0.176 e. The molecule has 0 spiro atoms. The summed E-state index contributed by atoms with van der Waals surface area (Å²) in [6.45, 7) is 0.690. The maximum atomic E-state index is 4.58. The van der Waals surface area contributed by atoms with Gasteiger partial charge in [-0.1, -0.05) is 35.5 Å². The summed E-state index contributed by atoms with van der Waals surface area (Å²) in [5.41, 5.74) is 2.90. The Bertz CT molecular complexity index is 862. The summed E-state index contributed by atoms with van der Waals surface area (Å²) in [4.78, 5) is 12.1. The molecule has 0 aliphatic carbocycles. The lowest BCUT2D eigenvalue weighted by Crippen LogP contribution is -2.04. The number of nitrogens with one attached hydrogen (secondary N) is 2. The van der Waals surface area contributed by atoms with Crippen LogP contribution in [0.4, 0.5) is 0 Å². The van der Waals surface area contributed by atoms with Gasteiger partial charge < -0.3 is 9.55 Å². The summed E-state index contributed by atoms with van der Waals surface area (Å²) >= 11 is 0. The number of aromatic nitrogens is 8. The van der Waals surface area contributed by atoms with Crippen LogP contribution in [0.25, 0.3) is 22.8 Å². The Morgan fingerprint density at radius 2 is 2.00 bits per heavy atom. The van der Waals surface area contributed by atoms with Gasteiger partial charge in [0.2, 0.25) is 0 Å². The number of aromatic amines is 2. The molecule has 0 atom stereocenters. The molecular formula is C15H14N8. The number of tetrazole rings is 1. The lowest BCUT2D eigenvalue weighted by Gasteiger charge is -2.07. The predicted octanol–water partition coefficient (Wildman–Crippen LogP) is 1.70. The normalized spacial score (nSPS) is 11.0. The second-order valence-corrected chi connectivity index (χ2v) is 5.02. The maximum Gasteiger partial charge on any atom is 0.176 e. The molecule has 2 N–H and O–H groups in total. The lowest BCUT2D eigenvalue weighted by molar-refractivity contribution is 0.675. The van der Waals surface area contributed by atoms with Gasteiger partial charge in [-0.05, 0) is 0 Å². The van der Waals surface area contributed by atoms with Gasteiger partial charge in [-0.2, -0.15) is 5.21 Å². The van der Waals surface area contributed by atoms with Gasteiger partial charge in [0.15, 0.2) is 11.6 Å². The average Bonchev–Trinajstić information content (AvgIpc) is 3.34. The zero-order valence-corrected chi connectivity index (χ0v) is 12.2. The molecule has 0 bridgehead atoms. The summed E-state index contributed by atoms with van der Waals surface area (Å²) < 4.78 is 2.05. The summed E-state index contributed by atoms with van der Waals surface area (Å²) in [5.74, 6) is 1.46. The zero-order chi connectivity index (χ0) is 15.5. The minimum absolute atomic E-state index is 0.662. The minimum Gasteiger partial charge on any atom is -0.343 e. The van der Waals surface area contributed by atoms with E-state index in [4.69, 9.17) is 0 Å². The topological polar surface area (TPSA) is 101 Å². The quantitative estimate of drug-likeness (QED) is 0.584. The van der Waals surface area contributed by atoms with Crippen LogP contribution in [0.3, 0.4) is 0 Å². The molecule has 8 nitrogen and oxygen atoms in total. The largest absolute Gasteiger partial charge is 0.343 e. The number of aryl methyl sites for hydroxylation is 2. The van der Waals surface area contributed by atoms with Crippen LogP contribution in [0.1, 0.15) is 5.82 Å². The van der Waals surface area contributed by atoms with Crippen molar-refractivity contribution in [3.63, 3.8) is 0 Å². The van der Waals surface area contributed by atoms with E-state index in [0.29, 0.717) is 18.8 Å². The van der Waals surface area contributed by atoms with Crippen LogP contribution in [-0.4, -0.2) is 40.1 Å². The molecule has 0 radical (unpaired) electrons. The van der Waals surface area contributed by atoms with Crippen molar-refractivity contribution in [2.24, 2.45) is 0 Å². The third kappa shape index (κ3) is 2.61. The fourth-order valence-corrected chi connectivity index (χ4v) is 2.51. The Morgan fingerprint density at radius 3 is 2.74 bits per heavy atom. The van der Waals surface area contributed by atoms with Crippen LogP contribution >= 0.6 is 0 Å². The number of benzene rings is 1. The highest BCUT2D eigenvalue weighted by Crippen LogP contribution is 2.29. The van der Waals surface area contributed by atoms with Gasteiger partial charge in [-0.25, -0.2) is 9.97 Å². The summed E-state index contributed by atoms with van der Waals surface area (Å²) in [7, 11) is 0. The van der Waals surface area contributed by atoms with E-state index in [1.54, 1.807) is 12.4 Å². The third-order valence-corrected chi connectivity index (χ3v) is 3.57. The Labute approximate surface area is 131 Å². The molecule has 0 aliphatic rings.